The zero-order valence-corrected chi connectivity index (χ0v) is 14.3. The van der Waals surface area contributed by atoms with Crippen molar-refractivity contribution in [2.45, 2.75) is 20.3 Å². The minimum Gasteiger partial charge on any atom is -0.361 e. The number of aromatic amines is 1. The number of nitrogens with zero attached hydrogens (tertiary/aromatic N) is 2. The largest absolute Gasteiger partial charge is 0.361 e. The molecule has 2 N–H and O–H groups in total. The Morgan fingerprint density at radius 3 is 2.92 bits per heavy atom. The molecule has 25 heavy (non-hydrogen) atoms. The van der Waals surface area contributed by atoms with Gasteiger partial charge in [-0.05, 0) is 43.5 Å². The molecule has 4 rings (SSSR count). The Kier molecular flexibility index (Phi) is 3.76. The number of nitrogens with one attached hydrogen (secondary N) is 2. The van der Waals surface area contributed by atoms with Gasteiger partial charge in [0.1, 0.15) is 11.3 Å². The van der Waals surface area contributed by atoms with E-state index < -0.39 is 0 Å². The second-order valence-corrected chi connectivity index (χ2v) is 6.35. The number of hydrogen-bond donors (Lipinski definition) is 2. The molecule has 126 valence electrons. The van der Waals surface area contributed by atoms with Gasteiger partial charge in [0, 0.05) is 29.8 Å². The lowest BCUT2D eigenvalue weighted by molar-refractivity contribution is 0.0947. The van der Waals surface area contributed by atoms with E-state index in [4.69, 9.17) is 0 Å². The summed E-state index contributed by atoms with van der Waals surface area (Å²) in [5.74, 6) is -0.0876. The number of para-hydroxylation sites is 1. The number of carbonyl (C=O) groups excluding carboxylic acids is 1. The van der Waals surface area contributed by atoms with E-state index in [1.807, 2.05) is 54.9 Å². The summed E-state index contributed by atoms with van der Waals surface area (Å²) in [7, 11) is 0. The van der Waals surface area contributed by atoms with Gasteiger partial charge in [0.15, 0.2) is 0 Å². The Morgan fingerprint density at radius 2 is 2.04 bits per heavy atom. The van der Waals surface area contributed by atoms with Gasteiger partial charge in [-0.15, -0.1) is 0 Å². The summed E-state index contributed by atoms with van der Waals surface area (Å²) in [5.41, 5.74) is 5.58. The molecule has 1 aromatic carbocycles. The van der Waals surface area contributed by atoms with Crippen LogP contribution in [0.5, 0.6) is 0 Å². The summed E-state index contributed by atoms with van der Waals surface area (Å²) < 4.78 is 1.87. The zero-order valence-electron chi connectivity index (χ0n) is 14.3. The Labute approximate surface area is 145 Å². The average Bonchev–Trinajstić information content (AvgIpc) is 3.15. The Balaban J connectivity index is 1.51. The van der Waals surface area contributed by atoms with Gasteiger partial charge in [-0.3, -0.25) is 9.20 Å². The van der Waals surface area contributed by atoms with Crippen molar-refractivity contribution >= 4 is 22.5 Å². The molecule has 0 saturated carbocycles. The van der Waals surface area contributed by atoms with Gasteiger partial charge >= 0.3 is 0 Å². The predicted molar refractivity (Wildman–Crippen MR) is 99.0 cm³/mol. The molecule has 0 aliphatic carbocycles. The highest BCUT2D eigenvalue weighted by molar-refractivity contribution is 5.94. The van der Waals surface area contributed by atoms with Crippen molar-refractivity contribution in [3.63, 3.8) is 0 Å². The van der Waals surface area contributed by atoms with E-state index in [-0.39, 0.29) is 5.91 Å². The number of amides is 1. The van der Waals surface area contributed by atoms with Crippen LogP contribution in [0.1, 0.15) is 27.3 Å². The Morgan fingerprint density at radius 1 is 1.20 bits per heavy atom. The van der Waals surface area contributed by atoms with Gasteiger partial charge < -0.3 is 10.3 Å². The predicted octanol–water partition coefficient (Wildman–Crippen LogP) is 3.40. The molecule has 0 unspecified atom stereocenters. The summed E-state index contributed by atoms with van der Waals surface area (Å²) in [6.45, 7) is 4.46. The van der Waals surface area contributed by atoms with E-state index in [0.717, 1.165) is 28.8 Å². The lowest BCUT2D eigenvalue weighted by atomic mass is 10.1. The highest BCUT2D eigenvalue weighted by Crippen LogP contribution is 2.18. The number of H-pyrrole nitrogens is 1. The third-order valence-corrected chi connectivity index (χ3v) is 4.51. The lowest BCUT2D eigenvalue weighted by Crippen LogP contribution is -2.27. The number of aromatic nitrogens is 3. The molecule has 3 aromatic heterocycles. The first-order chi connectivity index (χ1) is 12.1. The molecule has 3 heterocycles. The first kappa shape index (κ1) is 15.4. The van der Waals surface area contributed by atoms with Crippen molar-refractivity contribution in [2.75, 3.05) is 6.54 Å². The van der Waals surface area contributed by atoms with Gasteiger partial charge in [0.2, 0.25) is 0 Å². The highest BCUT2D eigenvalue weighted by atomic mass is 16.1. The van der Waals surface area contributed by atoms with Crippen LogP contribution in [-0.4, -0.2) is 26.8 Å². The van der Waals surface area contributed by atoms with Gasteiger partial charge in [0.05, 0.1) is 5.69 Å². The van der Waals surface area contributed by atoms with E-state index in [1.54, 1.807) is 0 Å². The molecule has 1 amide bonds. The molecule has 0 spiro atoms. The van der Waals surface area contributed by atoms with Crippen LogP contribution in [0.15, 0.2) is 48.8 Å². The number of imidazole rings is 1. The van der Waals surface area contributed by atoms with Crippen molar-refractivity contribution in [1.29, 1.82) is 0 Å². The summed E-state index contributed by atoms with van der Waals surface area (Å²) in [6.07, 6.45) is 4.74. The lowest BCUT2D eigenvalue weighted by Gasteiger charge is -2.06. The molecular weight excluding hydrogens is 312 g/mol. The topological polar surface area (TPSA) is 62.2 Å². The molecule has 0 aliphatic heterocycles. The van der Waals surface area contributed by atoms with Crippen LogP contribution in [0.25, 0.3) is 16.6 Å². The highest BCUT2D eigenvalue weighted by Gasteiger charge is 2.16. The van der Waals surface area contributed by atoms with Crippen LogP contribution in [0.3, 0.4) is 0 Å². The van der Waals surface area contributed by atoms with Crippen LogP contribution in [0, 0.1) is 13.8 Å². The van der Waals surface area contributed by atoms with Gasteiger partial charge in [-0.2, -0.15) is 0 Å². The normalized spacial score (nSPS) is 11.3. The van der Waals surface area contributed by atoms with Gasteiger partial charge in [0.25, 0.3) is 5.91 Å². The molecule has 0 radical (unpaired) electrons. The number of hydrogen-bond acceptors (Lipinski definition) is 2. The molecule has 0 bridgehead atoms. The van der Waals surface area contributed by atoms with E-state index in [0.29, 0.717) is 12.2 Å². The van der Waals surface area contributed by atoms with Crippen molar-refractivity contribution in [3.05, 3.63) is 71.3 Å². The maximum absolute atomic E-state index is 12.7. The molecular formula is C20H20N4O. The molecule has 0 aliphatic rings. The Bertz CT molecular complexity index is 1070. The molecule has 4 aromatic rings. The number of benzene rings is 1. The third kappa shape index (κ3) is 2.78. The first-order valence-corrected chi connectivity index (χ1v) is 8.42. The van der Waals surface area contributed by atoms with E-state index in [9.17, 15) is 4.79 Å². The minimum atomic E-state index is -0.0876. The SMILES string of the molecule is Cc1ccc2nc(C)c(C(=O)NCCc3c[nH]c4ccccc34)n2c1. The van der Waals surface area contributed by atoms with E-state index >= 15 is 0 Å². The summed E-state index contributed by atoms with van der Waals surface area (Å²) >= 11 is 0. The van der Waals surface area contributed by atoms with Gasteiger partial charge in [-0.1, -0.05) is 24.3 Å². The monoisotopic (exact) mass is 332 g/mol. The number of pyridine rings is 1. The van der Waals surface area contributed by atoms with Crippen LogP contribution in [0.4, 0.5) is 0 Å². The third-order valence-electron chi connectivity index (χ3n) is 4.51. The fourth-order valence-corrected chi connectivity index (χ4v) is 3.27. The van der Waals surface area contributed by atoms with Crippen LogP contribution >= 0.6 is 0 Å². The second kappa shape index (κ2) is 6.09. The van der Waals surface area contributed by atoms with E-state index in [2.05, 4.69) is 27.4 Å². The molecule has 5 nitrogen and oxygen atoms in total. The number of rotatable bonds is 4. The number of aryl methyl sites for hydroxylation is 2. The fourth-order valence-electron chi connectivity index (χ4n) is 3.27. The maximum Gasteiger partial charge on any atom is 0.270 e. The average molecular weight is 332 g/mol. The Hall–Kier alpha value is -3.08. The summed E-state index contributed by atoms with van der Waals surface area (Å²) in [6, 6.07) is 12.1. The molecule has 0 atom stereocenters. The second-order valence-electron chi connectivity index (χ2n) is 6.35. The van der Waals surface area contributed by atoms with Crippen molar-refractivity contribution in [3.8, 4) is 0 Å². The first-order valence-electron chi connectivity index (χ1n) is 8.42. The van der Waals surface area contributed by atoms with Crippen molar-refractivity contribution in [1.82, 2.24) is 19.7 Å². The van der Waals surface area contributed by atoms with Crippen LogP contribution < -0.4 is 5.32 Å². The maximum atomic E-state index is 12.7. The number of carbonyl (C=O) groups is 1. The minimum absolute atomic E-state index is 0.0876. The number of fused-ring (bicyclic) bond motifs is 2. The van der Waals surface area contributed by atoms with Crippen LogP contribution in [-0.2, 0) is 6.42 Å². The van der Waals surface area contributed by atoms with Crippen molar-refractivity contribution in [2.24, 2.45) is 0 Å². The molecule has 0 saturated heterocycles. The smallest absolute Gasteiger partial charge is 0.270 e. The zero-order chi connectivity index (χ0) is 17.4. The fraction of sp³-hybridized carbons (Fsp3) is 0.200. The summed E-state index contributed by atoms with van der Waals surface area (Å²) in [5, 5.41) is 4.23. The quantitative estimate of drug-likeness (QED) is 0.601. The molecule has 5 heteroatoms. The standard InChI is InChI=1S/C20H20N4O/c1-13-7-8-18-23-14(2)19(24(18)12-13)20(25)21-10-9-15-11-22-17-6-4-3-5-16(15)17/h3-8,11-12,22H,9-10H2,1-2H3,(H,21,25). The van der Waals surface area contributed by atoms with E-state index in [1.165, 1.54) is 10.9 Å². The van der Waals surface area contributed by atoms with Crippen LogP contribution in [0.2, 0.25) is 0 Å². The van der Waals surface area contributed by atoms with Gasteiger partial charge in [-0.25, -0.2) is 4.98 Å². The molecule has 0 fully saturated rings. The summed E-state index contributed by atoms with van der Waals surface area (Å²) in [4.78, 5) is 20.4. The van der Waals surface area contributed by atoms with Crippen molar-refractivity contribution < 1.29 is 4.79 Å².